The molecule has 4 atom stereocenters. The molecule has 2 rings (SSSR count). The molecule has 1 N–H and O–H groups in total. The van der Waals surface area contributed by atoms with E-state index in [4.69, 9.17) is 5.11 Å². The third kappa shape index (κ3) is 3.01. The van der Waals surface area contributed by atoms with Gasteiger partial charge in [-0.2, -0.15) is 0 Å². The van der Waals surface area contributed by atoms with E-state index in [0.717, 1.165) is 18.8 Å². The van der Waals surface area contributed by atoms with Crippen molar-refractivity contribution >= 4 is 12.3 Å². The fourth-order valence-electron chi connectivity index (χ4n) is 3.76. The zero-order valence-electron chi connectivity index (χ0n) is 10.8. The smallest absolute Gasteiger partial charge is 0.303 e. The number of carbonyl (C=O) groups is 2. The van der Waals surface area contributed by atoms with Gasteiger partial charge in [-0.1, -0.05) is 12.2 Å². The van der Waals surface area contributed by atoms with Gasteiger partial charge in [0.15, 0.2) is 0 Å². The van der Waals surface area contributed by atoms with Gasteiger partial charge in [-0.05, 0) is 56.3 Å². The summed E-state index contributed by atoms with van der Waals surface area (Å²) < 4.78 is 0. The first-order valence-electron chi connectivity index (χ1n) is 7.04. The molecule has 0 saturated heterocycles. The lowest BCUT2D eigenvalue weighted by Crippen LogP contribution is -2.22. The monoisotopic (exact) mass is 250 g/mol. The first-order valence-corrected chi connectivity index (χ1v) is 7.04. The Balaban J connectivity index is 1.71. The maximum Gasteiger partial charge on any atom is 0.303 e. The minimum absolute atomic E-state index is 0.245. The highest BCUT2D eigenvalue weighted by atomic mass is 16.4. The van der Waals surface area contributed by atoms with Gasteiger partial charge in [-0.25, -0.2) is 0 Å². The summed E-state index contributed by atoms with van der Waals surface area (Å²) in [6.07, 6.45) is 12.0. The van der Waals surface area contributed by atoms with Crippen LogP contribution >= 0.6 is 0 Å². The van der Waals surface area contributed by atoms with Crippen LogP contribution in [0.5, 0.6) is 0 Å². The third-order valence-corrected chi connectivity index (χ3v) is 4.65. The molecule has 2 aliphatic rings. The quantitative estimate of drug-likeness (QED) is 0.429. The second kappa shape index (κ2) is 6.17. The molecule has 0 aromatic carbocycles. The second-order valence-corrected chi connectivity index (χ2v) is 5.70. The summed E-state index contributed by atoms with van der Waals surface area (Å²) in [6, 6.07) is 0. The third-order valence-electron chi connectivity index (χ3n) is 4.65. The van der Waals surface area contributed by atoms with E-state index >= 15 is 0 Å². The second-order valence-electron chi connectivity index (χ2n) is 5.70. The zero-order valence-corrected chi connectivity index (χ0v) is 10.8. The Hall–Kier alpha value is -1.12. The molecule has 100 valence electrons. The molecule has 3 nitrogen and oxygen atoms in total. The van der Waals surface area contributed by atoms with E-state index in [1.54, 1.807) is 0 Å². The van der Waals surface area contributed by atoms with Crippen molar-refractivity contribution in [1.29, 1.82) is 0 Å². The summed E-state index contributed by atoms with van der Waals surface area (Å²) >= 11 is 0. The number of rotatable bonds is 7. The topological polar surface area (TPSA) is 54.4 Å². The van der Waals surface area contributed by atoms with Gasteiger partial charge in [0.25, 0.3) is 0 Å². The van der Waals surface area contributed by atoms with Crippen molar-refractivity contribution < 1.29 is 14.7 Å². The van der Waals surface area contributed by atoms with Crippen LogP contribution in [0.25, 0.3) is 0 Å². The van der Waals surface area contributed by atoms with Gasteiger partial charge in [0.05, 0.1) is 0 Å². The van der Waals surface area contributed by atoms with Gasteiger partial charge in [-0.15, -0.1) is 0 Å². The Morgan fingerprint density at radius 2 is 2.00 bits per heavy atom. The van der Waals surface area contributed by atoms with Gasteiger partial charge < -0.3 is 9.90 Å². The fourth-order valence-corrected chi connectivity index (χ4v) is 3.76. The SMILES string of the molecule is O=C[C@@H]1[C@@H]2CC[C@@H](C2)[C@@H]1C/C=C\CCCC(=O)O. The van der Waals surface area contributed by atoms with Crippen molar-refractivity contribution in [1.82, 2.24) is 0 Å². The van der Waals surface area contributed by atoms with Crippen molar-refractivity contribution in [2.45, 2.75) is 44.9 Å². The number of hydrogen-bond donors (Lipinski definition) is 1. The van der Waals surface area contributed by atoms with Crippen LogP contribution in [0.3, 0.4) is 0 Å². The standard InChI is InChI=1S/C15H22O3/c16-10-14-12-8-7-11(9-12)13(14)5-3-1-2-4-6-15(17)18/h1,3,10-14H,2,4-9H2,(H,17,18)/b3-1-/t11-,12+,13-,14+/m0/s1. The van der Waals surface area contributed by atoms with Crippen LogP contribution in [0.15, 0.2) is 12.2 Å². The van der Waals surface area contributed by atoms with Crippen LogP contribution in [0.4, 0.5) is 0 Å². The average molecular weight is 250 g/mol. The molecule has 0 heterocycles. The molecular formula is C15H22O3. The van der Waals surface area contributed by atoms with E-state index in [1.807, 2.05) is 0 Å². The van der Waals surface area contributed by atoms with Crippen LogP contribution in [0.2, 0.25) is 0 Å². The number of carboxylic acids is 1. The molecular weight excluding hydrogens is 228 g/mol. The maximum absolute atomic E-state index is 11.1. The molecule has 0 spiro atoms. The number of unbranched alkanes of at least 4 members (excludes halogenated alkanes) is 1. The van der Waals surface area contributed by atoms with E-state index in [9.17, 15) is 9.59 Å². The van der Waals surface area contributed by atoms with Crippen LogP contribution < -0.4 is 0 Å². The van der Waals surface area contributed by atoms with Crippen LogP contribution in [-0.2, 0) is 9.59 Å². The predicted octanol–water partition coefficient (Wildman–Crippen LogP) is 3.05. The number of aldehydes is 1. The summed E-state index contributed by atoms with van der Waals surface area (Å²) in [4.78, 5) is 21.5. The summed E-state index contributed by atoms with van der Waals surface area (Å²) in [5, 5.41) is 8.52. The molecule has 3 heteroatoms. The zero-order chi connectivity index (χ0) is 13.0. The summed E-state index contributed by atoms with van der Waals surface area (Å²) in [5.41, 5.74) is 0. The Labute approximate surface area is 108 Å². The Morgan fingerprint density at radius 1 is 1.22 bits per heavy atom. The molecule has 0 radical (unpaired) electrons. The number of allylic oxidation sites excluding steroid dienone is 2. The Bertz CT molecular complexity index is 335. The van der Waals surface area contributed by atoms with Gasteiger partial charge in [0, 0.05) is 12.3 Å². The number of aliphatic carboxylic acids is 1. The van der Waals surface area contributed by atoms with E-state index in [-0.39, 0.29) is 12.3 Å². The van der Waals surface area contributed by atoms with E-state index in [0.29, 0.717) is 18.3 Å². The van der Waals surface area contributed by atoms with E-state index < -0.39 is 5.97 Å². The van der Waals surface area contributed by atoms with Crippen molar-refractivity contribution in [3.63, 3.8) is 0 Å². The molecule has 2 aliphatic carbocycles. The van der Waals surface area contributed by atoms with E-state index in [2.05, 4.69) is 12.2 Å². The number of carboxylic acid groups (broad SMARTS) is 1. The molecule has 0 aliphatic heterocycles. The number of fused-ring (bicyclic) bond motifs is 2. The molecule has 0 aromatic rings. The summed E-state index contributed by atoms with van der Waals surface area (Å²) in [7, 11) is 0. The lowest BCUT2D eigenvalue weighted by atomic mass is 9.78. The van der Waals surface area contributed by atoms with Crippen molar-refractivity contribution in [3.8, 4) is 0 Å². The normalized spacial score (nSPS) is 34.2. The molecule has 0 unspecified atom stereocenters. The number of carbonyl (C=O) groups excluding carboxylic acids is 1. The molecule has 2 saturated carbocycles. The largest absolute Gasteiger partial charge is 0.481 e. The van der Waals surface area contributed by atoms with Crippen molar-refractivity contribution in [2.75, 3.05) is 0 Å². The summed E-state index contributed by atoms with van der Waals surface area (Å²) in [6.45, 7) is 0. The summed E-state index contributed by atoms with van der Waals surface area (Å²) in [5.74, 6) is 1.52. The van der Waals surface area contributed by atoms with Gasteiger partial charge in [0.2, 0.25) is 0 Å². The Morgan fingerprint density at radius 3 is 2.72 bits per heavy atom. The predicted molar refractivity (Wildman–Crippen MR) is 69.1 cm³/mol. The first kappa shape index (κ1) is 13.3. The van der Waals surface area contributed by atoms with Gasteiger partial charge in [0.1, 0.15) is 6.29 Å². The molecule has 0 aromatic heterocycles. The fraction of sp³-hybridized carbons (Fsp3) is 0.733. The minimum atomic E-state index is -0.725. The minimum Gasteiger partial charge on any atom is -0.481 e. The molecule has 2 bridgehead atoms. The van der Waals surface area contributed by atoms with Crippen molar-refractivity contribution in [3.05, 3.63) is 12.2 Å². The maximum atomic E-state index is 11.1. The highest BCUT2D eigenvalue weighted by Crippen LogP contribution is 2.52. The average Bonchev–Trinajstić information content (AvgIpc) is 2.93. The molecule has 18 heavy (non-hydrogen) atoms. The molecule has 0 amide bonds. The lowest BCUT2D eigenvalue weighted by Gasteiger charge is -2.26. The lowest BCUT2D eigenvalue weighted by molar-refractivity contribution is -0.137. The van der Waals surface area contributed by atoms with Gasteiger partial charge in [-0.3, -0.25) is 4.79 Å². The first-order chi connectivity index (χ1) is 8.72. The van der Waals surface area contributed by atoms with Gasteiger partial charge >= 0.3 is 5.97 Å². The highest BCUT2D eigenvalue weighted by molar-refractivity contribution is 5.66. The van der Waals surface area contributed by atoms with E-state index in [1.165, 1.54) is 25.5 Å². The van der Waals surface area contributed by atoms with Crippen LogP contribution in [0.1, 0.15) is 44.9 Å². The van der Waals surface area contributed by atoms with Crippen molar-refractivity contribution in [2.24, 2.45) is 23.7 Å². The molecule has 2 fully saturated rings. The number of hydrogen-bond acceptors (Lipinski definition) is 2. The van der Waals surface area contributed by atoms with Crippen LogP contribution in [-0.4, -0.2) is 17.4 Å². The Kier molecular flexibility index (Phi) is 4.56. The van der Waals surface area contributed by atoms with Crippen LogP contribution in [0, 0.1) is 23.7 Å². The highest BCUT2D eigenvalue weighted by Gasteiger charge is 2.46.